The molecule has 0 bridgehead atoms. The Morgan fingerprint density at radius 1 is 1.33 bits per heavy atom. The minimum Gasteiger partial charge on any atom is -0.398 e. The first-order chi connectivity index (χ1) is 8.25. The molecule has 0 saturated carbocycles. The quantitative estimate of drug-likeness (QED) is 0.807. The fourth-order valence-electron chi connectivity index (χ4n) is 1.66. The largest absolute Gasteiger partial charge is 0.398 e. The van der Waals surface area contributed by atoms with E-state index in [0.29, 0.717) is 12.1 Å². The van der Waals surface area contributed by atoms with Crippen molar-refractivity contribution in [2.24, 2.45) is 0 Å². The molecule has 0 atom stereocenters. The van der Waals surface area contributed by atoms with Crippen LogP contribution >= 0.6 is 0 Å². The van der Waals surface area contributed by atoms with Crippen LogP contribution in [0.25, 0.3) is 0 Å². The Morgan fingerprint density at radius 3 is 2.50 bits per heavy atom. The third-order valence-electron chi connectivity index (χ3n) is 3.03. The van der Waals surface area contributed by atoms with Crippen LogP contribution in [0.15, 0.2) is 12.1 Å². The van der Waals surface area contributed by atoms with Crippen molar-refractivity contribution >= 4 is 17.3 Å². The summed E-state index contributed by atoms with van der Waals surface area (Å²) in [5.74, 6) is -0.0757. The van der Waals surface area contributed by atoms with Gasteiger partial charge in [0.05, 0.1) is 12.0 Å². The number of amides is 1. The zero-order valence-corrected chi connectivity index (χ0v) is 11.8. The van der Waals surface area contributed by atoms with E-state index in [4.69, 9.17) is 10.5 Å². The van der Waals surface area contributed by atoms with Crippen molar-refractivity contribution in [3.63, 3.8) is 0 Å². The molecular formula is C14H22N2O2. The van der Waals surface area contributed by atoms with Crippen LogP contribution in [0.1, 0.15) is 31.4 Å². The summed E-state index contributed by atoms with van der Waals surface area (Å²) in [6.45, 7) is 7.65. The number of nitrogens with one attached hydrogen (secondary N) is 1. The Morgan fingerprint density at radius 2 is 1.94 bits per heavy atom. The highest BCUT2D eigenvalue weighted by Gasteiger charge is 2.21. The number of carbonyl (C=O) groups is 1. The number of aryl methyl sites for hydroxylation is 2. The number of benzene rings is 1. The lowest BCUT2D eigenvalue weighted by Crippen LogP contribution is -2.29. The van der Waals surface area contributed by atoms with Crippen LogP contribution in [0, 0.1) is 13.8 Å². The SMILES string of the molecule is COC(C)(C)CC(=O)Nc1cc(N)c(C)cc1C. The molecule has 0 spiro atoms. The van der Waals surface area contributed by atoms with Crippen molar-refractivity contribution < 1.29 is 9.53 Å². The van der Waals surface area contributed by atoms with E-state index in [1.807, 2.05) is 33.8 Å². The summed E-state index contributed by atoms with van der Waals surface area (Å²) in [7, 11) is 1.60. The molecule has 4 heteroatoms. The molecule has 4 nitrogen and oxygen atoms in total. The molecule has 1 aromatic carbocycles. The number of methoxy groups -OCH3 is 1. The molecule has 0 aliphatic heterocycles. The van der Waals surface area contributed by atoms with Gasteiger partial charge in [-0.2, -0.15) is 0 Å². The average Bonchev–Trinajstić information content (AvgIpc) is 2.25. The van der Waals surface area contributed by atoms with Crippen molar-refractivity contribution in [1.29, 1.82) is 0 Å². The lowest BCUT2D eigenvalue weighted by atomic mass is 10.0. The molecule has 0 aliphatic carbocycles. The fourth-order valence-corrected chi connectivity index (χ4v) is 1.66. The maximum Gasteiger partial charge on any atom is 0.227 e. The molecule has 0 saturated heterocycles. The highest BCUT2D eigenvalue weighted by Crippen LogP contribution is 2.23. The van der Waals surface area contributed by atoms with Crippen LogP contribution < -0.4 is 11.1 Å². The van der Waals surface area contributed by atoms with Gasteiger partial charge in [-0.25, -0.2) is 0 Å². The Hall–Kier alpha value is -1.55. The number of nitrogen functional groups attached to an aromatic ring is 1. The standard InChI is InChI=1S/C14H22N2O2/c1-9-6-10(2)12(7-11(9)15)16-13(17)8-14(3,4)18-5/h6-7H,8,15H2,1-5H3,(H,16,17). The summed E-state index contributed by atoms with van der Waals surface area (Å²) in [6, 6.07) is 3.76. The number of anilines is 2. The van der Waals surface area contributed by atoms with Crippen LogP contribution in [-0.2, 0) is 9.53 Å². The van der Waals surface area contributed by atoms with Crippen LogP contribution in [0.4, 0.5) is 11.4 Å². The Balaban J connectivity index is 2.80. The molecule has 100 valence electrons. The van der Waals surface area contributed by atoms with E-state index in [-0.39, 0.29) is 5.91 Å². The second-order valence-electron chi connectivity index (χ2n) is 5.21. The minimum atomic E-state index is -0.464. The van der Waals surface area contributed by atoms with Crippen molar-refractivity contribution in [2.75, 3.05) is 18.2 Å². The molecule has 1 amide bonds. The monoisotopic (exact) mass is 250 g/mol. The van der Waals surface area contributed by atoms with Gasteiger partial charge in [-0.3, -0.25) is 4.79 Å². The van der Waals surface area contributed by atoms with Crippen LogP contribution in [-0.4, -0.2) is 18.6 Å². The summed E-state index contributed by atoms with van der Waals surface area (Å²) in [5.41, 5.74) is 8.84. The number of ether oxygens (including phenoxy) is 1. The number of hydrogen-bond donors (Lipinski definition) is 2. The van der Waals surface area contributed by atoms with Crippen LogP contribution in [0.5, 0.6) is 0 Å². The fraction of sp³-hybridized carbons (Fsp3) is 0.500. The Labute approximate surface area is 109 Å². The van der Waals surface area contributed by atoms with Gasteiger partial charge in [0.2, 0.25) is 5.91 Å². The maximum absolute atomic E-state index is 11.9. The predicted octanol–water partition coefficient (Wildman–Crippen LogP) is 2.64. The summed E-state index contributed by atoms with van der Waals surface area (Å²) < 4.78 is 5.23. The topological polar surface area (TPSA) is 64.3 Å². The second kappa shape index (κ2) is 5.40. The average molecular weight is 250 g/mol. The smallest absolute Gasteiger partial charge is 0.227 e. The third-order valence-corrected chi connectivity index (χ3v) is 3.03. The molecule has 3 N–H and O–H groups in total. The molecule has 0 unspecified atom stereocenters. The molecule has 0 aromatic heterocycles. The Kier molecular flexibility index (Phi) is 4.35. The van der Waals surface area contributed by atoms with Gasteiger partial charge in [-0.05, 0) is 44.9 Å². The zero-order valence-electron chi connectivity index (χ0n) is 11.8. The normalized spacial score (nSPS) is 11.4. The van der Waals surface area contributed by atoms with Crippen LogP contribution in [0.3, 0.4) is 0 Å². The molecule has 18 heavy (non-hydrogen) atoms. The van der Waals surface area contributed by atoms with Gasteiger partial charge in [0.1, 0.15) is 0 Å². The summed E-state index contributed by atoms with van der Waals surface area (Å²) in [6.07, 6.45) is 0.302. The molecule has 1 rings (SSSR count). The molecule has 0 aliphatic rings. The van der Waals surface area contributed by atoms with Crippen molar-refractivity contribution in [2.45, 2.75) is 39.7 Å². The van der Waals surface area contributed by atoms with E-state index < -0.39 is 5.60 Å². The summed E-state index contributed by atoms with van der Waals surface area (Å²) >= 11 is 0. The van der Waals surface area contributed by atoms with Gasteiger partial charge in [0.25, 0.3) is 0 Å². The summed E-state index contributed by atoms with van der Waals surface area (Å²) in [5, 5.41) is 2.87. The van der Waals surface area contributed by atoms with Crippen molar-refractivity contribution in [3.8, 4) is 0 Å². The lowest BCUT2D eigenvalue weighted by Gasteiger charge is -2.22. The van der Waals surface area contributed by atoms with Gasteiger partial charge >= 0.3 is 0 Å². The van der Waals surface area contributed by atoms with E-state index in [1.165, 1.54) is 0 Å². The predicted molar refractivity (Wildman–Crippen MR) is 74.7 cm³/mol. The van der Waals surface area contributed by atoms with Gasteiger partial charge in [-0.15, -0.1) is 0 Å². The van der Waals surface area contributed by atoms with Crippen LogP contribution in [0.2, 0.25) is 0 Å². The number of hydrogen-bond acceptors (Lipinski definition) is 3. The first-order valence-electron chi connectivity index (χ1n) is 5.97. The first kappa shape index (κ1) is 14.5. The highest BCUT2D eigenvalue weighted by molar-refractivity contribution is 5.92. The van der Waals surface area contributed by atoms with E-state index in [9.17, 15) is 4.79 Å². The van der Waals surface area contributed by atoms with Gasteiger partial charge < -0.3 is 15.8 Å². The molecular weight excluding hydrogens is 228 g/mol. The van der Waals surface area contributed by atoms with Gasteiger partial charge in [-0.1, -0.05) is 6.07 Å². The van der Waals surface area contributed by atoms with E-state index in [2.05, 4.69) is 5.32 Å². The second-order valence-corrected chi connectivity index (χ2v) is 5.21. The van der Waals surface area contributed by atoms with Crippen molar-refractivity contribution in [1.82, 2.24) is 0 Å². The van der Waals surface area contributed by atoms with Crippen molar-refractivity contribution in [3.05, 3.63) is 23.3 Å². The highest BCUT2D eigenvalue weighted by atomic mass is 16.5. The molecule has 0 heterocycles. The maximum atomic E-state index is 11.9. The van der Waals surface area contributed by atoms with E-state index >= 15 is 0 Å². The summed E-state index contributed by atoms with van der Waals surface area (Å²) in [4.78, 5) is 11.9. The third kappa shape index (κ3) is 3.74. The molecule has 0 fully saturated rings. The van der Waals surface area contributed by atoms with Gasteiger partial charge in [0, 0.05) is 18.5 Å². The number of rotatable bonds is 4. The number of nitrogens with two attached hydrogens (primary N) is 1. The van der Waals surface area contributed by atoms with E-state index in [0.717, 1.165) is 16.8 Å². The molecule has 0 radical (unpaired) electrons. The Bertz CT molecular complexity index is 453. The first-order valence-corrected chi connectivity index (χ1v) is 5.97. The lowest BCUT2D eigenvalue weighted by molar-refractivity contribution is -0.121. The molecule has 1 aromatic rings. The zero-order chi connectivity index (χ0) is 13.9. The minimum absolute atomic E-state index is 0.0757. The number of carbonyl (C=O) groups excluding carboxylic acids is 1. The van der Waals surface area contributed by atoms with E-state index in [1.54, 1.807) is 13.2 Å². The van der Waals surface area contributed by atoms with Gasteiger partial charge in [0.15, 0.2) is 0 Å².